The van der Waals surface area contributed by atoms with Crippen LogP contribution in [0.4, 0.5) is 0 Å². The molecule has 1 aliphatic heterocycles. The fourth-order valence-corrected chi connectivity index (χ4v) is 1.20. The number of rotatable bonds is 4. The van der Waals surface area contributed by atoms with Gasteiger partial charge in [-0.15, -0.1) is 0 Å². The lowest BCUT2D eigenvalue weighted by molar-refractivity contribution is 0.175. The average molecular weight is 156 g/mol. The summed E-state index contributed by atoms with van der Waals surface area (Å²) in [5, 5.41) is 0. The number of unbranched alkanes of at least 4 members (excludes halogenated alkanes) is 1. The van der Waals surface area contributed by atoms with Gasteiger partial charge in [0.2, 0.25) is 0 Å². The van der Waals surface area contributed by atoms with Crippen LogP contribution in [0, 0.1) is 0 Å². The molecule has 0 N–H and O–H groups in total. The normalized spacial score (nSPS) is 18.8. The lowest BCUT2D eigenvalue weighted by Gasteiger charge is -2.18. The molecule has 0 saturated carbocycles. The van der Waals surface area contributed by atoms with E-state index in [0.717, 1.165) is 26.0 Å². The third-order valence-corrected chi connectivity index (χ3v) is 1.94. The van der Waals surface area contributed by atoms with E-state index in [1.165, 1.54) is 19.3 Å². The summed E-state index contributed by atoms with van der Waals surface area (Å²) in [6.07, 6.45) is 5.90. The van der Waals surface area contributed by atoms with Gasteiger partial charge in [0.15, 0.2) is 0 Å². The SMILES string of the molecule is CCCCOB1CCCCO1. The van der Waals surface area contributed by atoms with E-state index in [0.29, 0.717) is 0 Å². The Morgan fingerprint density at radius 3 is 3.00 bits per heavy atom. The van der Waals surface area contributed by atoms with E-state index in [-0.39, 0.29) is 7.12 Å². The summed E-state index contributed by atoms with van der Waals surface area (Å²) < 4.78 is 10.9. The molecule has 0 bridgehead atoms. The van der Waals surface area contributed by atoms with Crippen LogP contribution in [0.5, 0.6) is 0 Å². The molecule has 64 valence electrons. The average Bonchev–Trinajstić information content (AvgIpc) is 2.07. The Labute approximate surface area is 69.4 Å². The van der Waals surface area contributed by atoms with E-state index in [1.807, 2.05) is 0 Å². The highest BCUT2D eigenvalue weighted by molar-refractivity contribution is 6.44. The van der Waals surface area contributed by atoms with Crippen molar-refractivity contribution in [1.29, 1.82) is 0 Å². The first-order chi connectivity index (χ1) is 5.43. The van der Waals surface area contributed by atoms with Crippen molar-refractivity contribution in [3.05, 3.63) is 0 Å². The summed E-state index contributed by atoms with van der Waals surface area (Å²) >= 11 is 0. The molecule has 1 saturated heterocycles. The molecule has 11 heavy (non-hydrogen) atoms. The number of hydrogen-bond acceptors (Lipinski definition) is 2. The summed E-state index contributed by atoms with van der Waals surface area (Å²) in [5.41, 5.74) is 0. The zero-order valence-electron chi connectivity index (χ0n) is 7.34. The molecule has 0 aromatic carbocycles. The predicted octanol–water partition coefficient (Wildman–Crippen LogP) is 2.10. The zero-order chi connectivity index (χ0) is 7.94. The van der Waals surface area contributed by atoms with Crippen molar-refractivity contribution in [1.82, 2.24) is 0 Å². The van der Waals surface area contributed by atoms with Crippen molar-refractivity contribution in [2.45, 2.75) is 38.9 Å². The van der Waals surface area contributed by atoms with Crippen LogP contribution < -0.4 is 0 Å². The van der Waals surface area contributed by atoms with E-state index in [2.05, 4.69) is 6.92 Å². The van der Waals surface area contributed by atoms with E-state index in [1.54, 1.807) is 0 Å². The van der Waals surface area contributed by atoms with Crippen LogP contribution in [-0.4, -0.2) is 20.3 Å². The Kier molecular flexibility index (Phi) is 4.63. The van der Waals surface area contributed by atoms with Gasteiger partial charge >= 0.3 is 7.12 Å². The van der Waals surface area contributed by atoms with Gasteiger partial charge in [-0.3, -0.25) is 0 Å². The van der Waals surface area contributed by atoms with Crippen LogP contribution in [0.15, 0.2) is 0 Å². The van der Waals surface area contributed by atoms with Gasteiger partial charge in [0.25, 0.3) is 0 Å². The topological polar surface area (TPSA) is 18.5 Å². The van der Waals surface area contributed by atoms with Crippen molar-refractivity contribution in [3.63, 3.8) is 0 Å². The van der Waals surface area contributed by atoms with Gasteiger partial charge in [0.1, 0.15) is 0 Å². The van der Waals surface area contributed by atoms with E-state index in [9.17, 15) is 0 Å². The molecule has 1 rings (SSSR count). The van der Waals surface area contributed by atoms with Gasteiger partial charge in [0, 0.05) is 13.2 Å². The summed E-state index contributed by atoms with van der Waals surface area (Å²) in [5.74, 6) is 0. The van der Waals surface area contributed by atoms with Crippen LogP contribution in [-0.2, 0) is 9.31 Å². The first kappa shape index (κ1) is 9.08. The molecule has 0 unspecified atom stereocenters. The molecule has 1 heterocycles. The lowest BCUT2D eigenvalue weighted by Crippen LogP contribution is -2.27. The van der Waals surface area contributed by atoms with Crippen LogP contribution in [0.2, 0.25) is 6.32 Å². The predicted molar refractivity (Wildman–Crippen MR) is 46.6 cm³/mol. The fraction of sp³-hybridized carbons (Fsp3) is 1.00. The second kappa shape index (κ2) is 5.61. The maximum atomic E-state index is 5.50. The molecule has 0 radical (unpaired) electrons. The van der Waals surface area contributed by atoms with Gasteiger partial charge in [-0.25, -0.2) is 0 Å². The minimum atomic E-state index is 0.107. The van der Waals surface area contributed by atoms with Crippen LogP contribution in [0.3, 0.4) is 0 Å². The van der Waals surface area contributed by atoms with Gasteiger partial charge in [-0.2, -0.15) is 0 Å². The van der Waals surface area contributed by atoms with Crippen LogP contribution in [0.1, 0.15) is 32.6 Å². The molecule has 0 aromatic rings. The first-order valence-corrected chi connectivity index (χ1v) is 4.66. The Bertz CT molecular complexity index is 92.1. The fourth-order valence-electron chi connectivity index (χ4n) is 1.20. The Morgan fingerprint density at radius 2 is 2.36 bits per heavy atom. The zero-order valence-corrected chi connectivity index (χ0v) is 7.34. The van der Waals surface area contributed by atoms with Crippen molar-refractivity contribution in [3.8, 4) is 0 Å². The quantitative estimate of drug-likeness (QED) is 0.458. The molecular weight excluding hydrogens is 139 g/mol. The Hall–Kier alpha value is -0.0151. The Morgan fingerprint density at radius 1 is 1.45 bits per heavy atom. The molecule has 1 fully saturated rings. The highest BCUT2D eigenvalue weighted by atomic mass is 16.6. The molecule has 2 nitrogen and oxygen atoms in total. The molecule has 1 aliphatic rings. The third kappa shape index (κ3) is 3.78. The molecule has 0 aromatic heterocycles. The molecule has 0 aliphatic carbocycles. The van der Waals surface area contributed by atoms with Gasteiger partial charge in [-0.1, -0.05) is 19.8 Å². The summed E-state index contributed by atoms with van der Waals surface area (Å²) in [6, 6.07) is 0. The van der Waals surface area contributed by atoms with Gasteiger partial charge < -0.3 is 9.31 Å². The molecular formula is C8H17BO2. The maximum Gasteiger partial charge on any atom is 0.456 e. The minimum Gasteiger partial charge on any atom is -0.411 e. The molecule has 0 atom stereocenters. The monoisotopic (exact) mass is 156 g/mol. The third-order valence-electron chi connectivity index (χ3n) is 1.94. The molecule has 0 amide bonds. The van der Waals surface area contributed by atoms with E-state index in [4.69, 9.17) is 9.31 Å². The minimum absolute atomic E-state index is 0.107. The van der Waals surface area contributed by atoms with Crippen molar-refractivity contribution >= 4 is 7.12 Å². The van der Waals surface area contributed by atoms with Crippen molar-refractivity contribution in [2.24, 2.45) is 0 Å². The lowest BCUT2D eigenvalue weighted by atomic mass is 9.80. The molecule has 0 spiro atoms. The summed E-state index contributed by atoms with van der Waals surface area (Å²) in [6.45, 7) is 3.92. The highest BCUT2D eigenvalue weighted by Gasteiger charge is 2.20. The maximum absolute atomic E-state index is 5.50. The van der Waals surface area contributed by atoms with E-state index < -0.39 is 0 Å². The smallest absolute Gasteiger partial charge is 0.411 e. The van der Waals surface area contributed by atoms with Crippen molar-refractivity contribution in [2.75, 3.05) is 13.2 Å². The van der Waals surface area contributed by atoms with Crippen LogP contribution in [0.25, 0.3) is 0 Å². The van der Waals surface area contributed by atoms with Crippen molar-refractivity contribution < 1.29 is 9.31 Å². The summed E-state index contributed by atoms with van der Waals surface area (Å²) in [7, 11) is 0.107. The second-order valence-corrected chi connectivity index (χ2v) is 3.02. The van der Waals surface area contributed by atoms with Gasteiger partial charge in [-0.05, 0) is 19.2 Å². The largest absolute Gasteiger partial charge is 0.456 e. The second-order valence-electron chi connectivity index (χ2n) is 3.02. The van der Waals surface area contributed by atoms with Crippen LogP contribution >= 0.6 is 0 Å². The standard InChI is InChI=1S/C8H17BO2/c1-2-3-7-10-9-6-4-5-8-11-9/h2-8H2,1H3. The number of hydrogen-bond donors (Lipinski definition) is 0. The first-order valence-electron chi connectivity index (χ1n) is 4.66. The summed E-state index contributed by atoms with van der Waals surface area (Å²) in [4.78, 5) is 0. The van der Waals surface area contributed by atoms with Gasteiger partial charge in [0.05, 0.1) is 0 Å². The van der Waals surface area contributed by atoms with E-state index >= 15 is 0 Å². The Balaban J connectivity index is 1.96. The highest BCUT2D eigenvalue weighted by Crippen LogP contribution is 2.11. The molecule has 3 heteroatoms.